The lowest BCUT2D eigenvalue weighted by Gasteiger charge is -2.33. The standard InChI is InChI=1S/C14H18N4S/c1-3-12(17-14-9-15-5-6-16-14)10-18(7-1)11-13-4-2-8-19-13/h2,4-6,8-9,12H,1,3,7,10-11H2,(H,16,17). The van der Waals surface area contributed by atoms with Crippen LogP contribution < -0.4 is 5.32 Å². The van der Waals surface area contributed by atoms with Crippen molar-refractivity contribution in [3.8, 4) is 0 Å². The third-order valence-corrected chi connectivity index (χ3v) is 4.24. The summed E-state index contributed by atoms with van der Waals surface area (Å²) >= 11 is 1.84. The molecule has 19 heavy (non-hydrogen) atoms. The molecule has 0 saturated carbocycles. The van der Waals surface area contributed by atoms with E-state index in [0.29, 0.717) is 6.04 Å². The van der Waals surface area contributed by atoms with Crippen molar-refractivity contribution >= 4 is 17.2 Å². The van der Waals surface area contributed by atoms with Crippen LogP contribution in [0.2, 0.25) is 0 Å². The Bertz CT molecular complexity index is 485. The molecule has 0 aliphatic carbocycles. The summed E-state index contributed by atoms with van der Waals surface area (Å²) in [6.07, 6.45) is 7.67. The number of hydrogen-bond acceptors (Lipinski definition) is 5. The minimum Gasteiger partial charge on any atom is -0.365 e. The van der Waals surface area contributed by atoms with Gasteiger partial charge >= 0.3 is 0 Å². The summed E-state index contributed by atoms with van der Waals surface area (Å²) in [5, 5.41) is 5.63. The Hall–Kier alpha value is -1.46. The molecule has 1 atom stereocenters. The van der Waals surface area contributed by atoms with Crippen molar-refractivity contribution in [1.82, 2.24) is 14.9 Å². The van der Waals surface area contributed by atoms with Crippen LogP contribution in [0.15, 0.2) is 36.1 Å². The second kappa shape index (κ2) is 6.12. The van der Waals surface area contributed by atoms with Gasteiger partial charge in [-0.05, 0) is 30.8 Å². The Morgan fingerprint density at radius 2 is 2.42 bits per heavy atom. The fourth-order valence-corrected chi connectivity index (χ4v) is 3.27. The highest BCUT2D eigenvalue weighted by Crippen LogP contribution is 2.18. The fraction of sp³-hybridized carbons (Fsp3) is 0.429. The number of piperidine rings is 1. The maximum Gasteiger partial charge on any atom is 0.144 e. The molecule has 3 heterocycles. The number of thiophene rings is 1. The van der Waals surface area contributed by atoms with E-state index in [1.54, 1.807) is 18.6 Å². The monoisotopic (exact) mass is 274 g/mol. The van der Waals surface area contributed by atoms with Gasteiger partial charge < -0.3 is 5.32 Å². The van der Waals surface area contributed by atoms with Crippen LogP contribution in [0.25, 0.3) is 0 Å². The zero-order valence-electron chi connectivity index (χ0n) is 10.8. The number of likely N-dealkylation sites (tertiary alicyclic amines) is 1. The van der Waals surface area contributed by atoms with Gasteiger partial charge in [0.2, 0.25) is 0 Å². The van der Waals surface area contributed by atoms with Gasteiger partial charge in [-0.1, -0.05) is 6.07 Å². The number of nitrogens with zero attached hydrogens (tertiary/aromatic N) is 3. The first-order valence-electron chi connectivity index (χ1n) is 6.67. The minimum absolute atomic E-state index is 0.477. The van der Waals surface area contributed by atoms with E-state index in [1.807, 2.05) is 11.3 Å². The van der Waals surface area contributed by atoms with Gasteiger partial charge in [0.1, 0.15) is 5.82 Å². The molecule has 1 saturated heterocycles. The van der Waals surface area contributed by atoms with Crippen LogP contribution in [0.1, 0.15) is 17.7 Å². The number of hydrogen-bond donors (Lipinski definition) is 1. The summed E-state index contributed by atoms with van der Waals surface area (Å²) in [7, 11) is 0. The summed E-state index contributed by atoms with van der Waals surface area (Å²) in [6.45, 7) is 3.33. The van der Waals surface area contributed by atoms with E-state index in [-0.39, 0.29) is 0 Å². The largest absolute Gasteiger partial charge is 0.365 e. The Kier molecular flexibility index (Phi) is 4.05. The lowest BCUT2D eigenvalue weighted by atomic mass is 10.1. The molecule has 100 valence electrons. The normalized spacial score (nSPS) is 20.3. The van der Waals surface area contributed by atoms with Gasteiger partial charge in [-0.3, -0.25) is 9.88 Å². The zero-order chi connectivity index (χ0) is 12.9. The molecule has 0 amide bonds. The Labute approximate surface area is 117 Å². The first-order valence-corrected chi connectivity index (χ1v) is 7.55. The molecule has 0 spiro atoms. The molecule has 2 aromatic rings. The average Bonchev–Trinajstić information content (AvgIpc) is 2.93. The molecule has 1 aliphatic rings. The first kappa shape index (κ1) is 12.6. The number of aromatic nitrogens is 2. The summed E-state index contributed by atoms with van der Waals surface area (Å²) in [4.78, 5) is 12.3. The van der Waals surface area contributed by atoms with Crippen molar-refractivity contribution in [3.05, 3.63) is 41.0 Å². The van der Waals surface area contributed by atoms with Crippen LogP contribution in [-0.2, 0) is 6.54 Å². The number of nitrogens with one attached hydrogen (secondary N) is 1. The van der Waals surface area contributed by atoms with Crippen LogP contribution in [-0.4, -0.2) is 34.0 Å². The molecule has 0 bridgehead atoms. The van der Waals surface area contributed by atoms with Gasteiger partial charge in [-0.15, -0.1) is 11.3 Å². The smallest absolute Gasteiger partial charge is 0.144 e. The SMILES string of the molecule is c1csc(CN2CCCC(Nc3cnccn3)C2)c1. The molecule has 2 aromatic heterocycles. The molecule has 0 aromatic carbocycles. The van der Waals surface area contributed by atoms with E-state index in [9.17, 15) is 0 Å². The van der Waals surface area contributed by atoms with Gasteiger partial charge in [0.05, 0.1) is 6.20 Å². The Morgan fingerprint density at radius 1 is 1.42 bits per heavy atom. The lowest BCUT2D eigenvalue weighted by molar-refractivity contribution is 0.210. The zero-order valence-corrected chi connectivity index (χ0v) is 11.6. The molecule has 1 aliphatic heterocycles. The molecule has 5 heteroatoms. The molecule has 1 unspecified atom stereocenters. The van der Waals surface area contributed by atoms with Gasteiger partial charge in [-0.2, -0.15) is 0 Å². The second-order valence-corrected chi connectivity index (χ2v) is 5.92. The van der Waals surface area contributed by atoms with Gasteiger partial charge in [0.15, 0.2) is 0 Å². The van der Waals surface area contributed by atoms with Gasteiger partial charge in [-0.25, -0.2) is 4.98 Å². The van der Waals surface area contributed by atoms with Crippen molar-refractivity contribution < 1.29 is 0 Å². The van der Waals surface area contributed by atoms with Crippen molar-refractivity contribution in [3.63, 3.8) is 0 Å². The summed E-state index contributed by atoms with van der Waals surface area (Å²) in [6, 6.07) is 4.81. The van der Waals surface area contributed by atoms with Crippen LogP contribution in [0.4, 0.5) is 5.82 Å². The molecule has 3 rings (SSSR count). The summed E-state index contributed by atoms with van der Waals surface area (Å²) < 4.78 is 0. The Balaban J connectivity index is 1.56. The molecule has 1 N–H and O–H groups in total. The lowest BCUT2D eigenvalue weighted by Crippen LogP contribution is -2.41. The maximum atomic E-state index is 4.28. The van der Waals surface area contributed by atoms with E-state index in [4.69, 9.17) is 0 Å². The minimum atomic E-state index is 0.477. The molecule has 1 fully saturated rings. The molecule has 4 nitrogen and oxygen atoms in total. The maximum absolute atomic E-state index is 4.28. The third kappa shape index (κ3) is 3.52. The van der Waals surface area contributed by atoms with Crippen molar-refractivity contribution in [2.24, 2.45) is 0 Å². The average molecular weight is 274 g/mol. The summed E-state index contributed by atoms with van der Waals surface area (Å²) in [5.74, 6) is 0.880. The fourth-order valence-electron chi connectivity index (χ4n) is 2.52. The predicted molar refractivity (Wildman–Crippen MR) is 78.3 cm³/mol. The predicted octanol–water partition coefficient (Wildman–Crippen LogP) is 2.61. The van der Waals surface area contributed by atoms with E-state index in [1.165, 1.54) is 24.3 Å². The first-order chi connectivity index (χ1) is 9.40. The van der Waals surface area contributed by atoms with Crippen LogP contribution in [0, 0.1) is 0 Å². The highest BCUT2D eigenvalue weighted by molar-refractivity contribution is 7.09. The van der Waals surface area contributed by atoms with Crippen LogP contribution in [0.3, 0.4) is 0 Å². The van der Waals surface area contributed by atoms with Crippen molar-refractivity contribution in [1.29, 1.82) is 0 Å². The topological polar surface area (TPSA) is 41.0 Å². The van der Waals surface area contributed by atoms with Gasteiger partial charge in [0, 0.05) is 36.4 Å². The molecular weight excluding hydrogens is 256 g/mol. The van der Waals surface area contributed by atoms with E-state index in [0.717, 1.165) is 18.9 Å². The van der Waals surface area contributed by atoms with Crippen LogP contribution >= 0.6 is 11.3 Å². The molecule has 0 radical (unpaired) electrons. The molecular formula is C14H18N4S. The summed E-state index contributed by atoms with van der Waals surface area (Å²) in [5.41, 5.74) is 0. The van der Waals surface area contributed by atoms with E-state index < -0.39 is 0 Å². The van der Waals surface area contributed by atoms with Crippen molar-refractivity contribution in [2.45, 2.75) is 25.4 Å². The highest BCUT2D eigenvalue weighted by Gasteiger charge is 2.20. The van der Waals surface area contributed by atoms with Crippen molar-refractivity contribution in [2.75, 3.05) is 18.4 Å². The van der Waals surface area contributed by atoms with Crippen LogP contribution in [0.5, 0.6) is 0 Å². The van der Waals surface area contributed by atoms with Gasteiger partial charge in [0.25, 0.3) is 0 Å². The van der Waals surface area contributed by atoms with E-state index >= 15 is 0 Å². The third-order valence-electron chi connectivity index (χ3n) is 3.38. The number of rotatable bonds is 4. The highest BCUT2D eigenvalue weighted by atomic mass is 32.1. The quantitative estimate of drug-likeness (QED) is 0.930. The Morgan fingerprint density at radius 3 is 3.21 bits per heavy atom. The second-order valence-electron chi connectivity index (χ2n) is 4.89. The number of anilines is 1. The van der Waals surface area contributed by atoms with E-state index in [2.05, 4.69) is 37.7 Å².